The van der Waals surface area contributed by atoms with Crippen LogP contribution < -0.4 is 0 Å². The smallest absolute Gasteiger partial charge is 0.327 e. The normalized spacial score (nSPS) is 20.0. The van der Waals surface area contributed by atoms with Gasteiger partial charge in [0.15, 0.2) is 0 Å². The standard InChI is InChI=1S/C15H24N4O4/c1-4-18-8-6-5-7-13(18)15(21)23-11(2)12-9-19(17-16-12)10-14(20)22-3/h9,11,13H,4-8,10H2,1-3H3. The molecule has 1 aromatic heterocycles. The summed E-state index contributed by atoms with van der Waals surface area (Å²) in [5, 5.41) is 7.80. The Labute approximate surface area is 135 Å². The fourth-order valence-corrected chi connectivity index (χ4v) is 2.72. The molecule has 1 aliphatic heterocycles. The van der Waals surface area contributed by atoms with Crippen LogP contribution in [0.15, 0.2) is 6.20 Å². The summed E-state index contributed by atoms with van der Waals surface area (Å²) < 4.78 is 11.5. The van der Waals surface area contributed by atoms with Crippen LogP contribution in [0, 0.1) is 0 Å². The molecule has 0 amide bonds. The van der Waals surface area contributed by atoms with E-state index in [0.717, 1.165) is 32.4 Å². The van der Waals surface area contributed by atoms with Crippen LogP contribution in [0.1, 0.15) is 44.9 Å². The quantitative estimate of drug-likeness (QED) is 0.719. The molecular weight excluding hydrogens is 300 g/mol. The molecule has 1 fully saturated rings. The molecule has 0 aromatic carbocycles. The minimum Gasteiger partial charge on any atom is -0.468 e. The summed E-state index contributed by atoms with van der Waals surface area (Å²) in [6, 6.07) is -0.179. The molecule has 0 N–H and O–H groups in total. The molecule has 0 aliphatic carbocycles. The second-order valence-corrected chi connectivity index (χ2v) is 5.64. The maximum atomic E-state index is 12.4. The molecule has 128 valence electrons. The predicted octanol–water partition coefficient (Wildman–Crippen LogP) is 0.930. The third kappa shape index (κ3) is 4.51. The van der Waals surface area contributed by atoms with Crippen molar-refractivity contribution in [3.63, 3.8) is 0 Å². The Hall–Kier alpha value is -1.96. The Morgan fingerprint density at radius 2 is 2.22 bits per heavy atom. The van der Waals surface area contributed by atoms with Gasteiger partial charge in [0.1, 0.15) is 24.4 Å². The zero-order chi connectivity index (χ0) is 16.8. The second kappa shape index (κ2) is 8.05. The van der Waals surface area contributed by atoms with Gasteiger partial charge in [0.25, 0.3) is 0 Å². The van der Waals surface area contributed by atoms with Crippen molar-refractivity contribution in [1.29, 1.82) is 0 Å². The molecule has 8 nitrogen and oxygen atoms in total. The second-order valence-electron chi connectivity index (χ2n) is 5.64. The molecule has 0 radical (unpaired) electrons. The average molecular weight is 324 g/mol. The molecule has 1 aromatic rings. The van der Waals surface area contributed by atoms with Crippen molar-refractivity contribution in [2.75, 3.05) is 20.2 Å². The average Bonchev–Trinajstić information content (AvgIpc) is 3.03. The molecule has 2 rings (SSSR count). The first-order chi connectivity index (χ1) is 11.0. The lowest BCUT2D eigenvalue weighted by molar-refractivity contribution is -0.156. The zero-order valence-corrected chi connectivity index (χ0v) is 13.9. The fourth-order valence-electron chi connectivity index (χ4n) is 2.72. The van der Waals surface area contributed by atoms with Gasteiger partial charge in [-0.05, 0) is 32.9 Å². The number of hydrogen-bond acceptors (Lipinski definition) is 7. The van der Waals surface area contributed by atoms with Crippen LogP contribution in [0.3, 0.4) is 0 Å². The molecule has 8 heteroatoms. The highest BCUT2D eigenvalue weighted by Crippen LogP contribution is 2.21. The largest absolute Gasteiger partial charge is 0.468 e. The molecule has 0 saturated carbocycles. The summed E-state index contributed by atoms with van der Waals surface area (Å²) in [6.07, 6.45) is 4.08. The van der Waals surface area contributed by atoms with Crippen molar-refractivity contribution in [1.82, 2.24) is 19.9 Å². The lowest BCUT2D eigenvalue weighted by Gasteiger charge is -2.33. The van der Waals surface area contributed by atoms with E-state index in [-0.39, 0.29) is 18.6 Å². The molecule has 2 heterocycles. The number of piperidine rings is 1. The van der Waals surface area contributed by atoms with Gasteiger partial charge in [0, 0.05) is 0 Å². The highest BCUT2D eigenvalue weighted by atomic mass is 16.5. The molecular formula is C15H24N4O4. The molecule has 0 bridgehead atoms. The van der Waals surface area contributed by atoms with Crippen LogP contribution in [-0.4, -0.2) is 58.1 Å². The number of nitrogens with zero attached hydrogens (tertiary/aromatic N) is 4. The zero-order valence-electron chi connectivity index (χ0n) is 13.9. The fraction of sp³-hybridized carbons (Fsp3) is 0.733. The third-order valence-corrected chi connectivity index (χ3v) is 4.08. The van der Waals surface area contributed by atoms with Crippen LogP contribution in [0.4, 0.5) is 0 Å². The van der Waals surface area contributed by atoms with Gasteiger partial charge in [-0.15, -0.1) is 5.10 Å². The number of carbonyl (C=O) groups excluding carboxylic acids is 2. The summed E-state index contributed by atoms with van der Waals surface area (Å²) in [6.45, 7) is 5.55. The predicted molar refractivity (Wildman–Crippen MR) is 81.4 cm³/mol. The molecule has 0 spiro atoms. The summed E-state index contributed by atoms with van der Waals surface area (Å²) in [5.41, 5.74) is 0.515. The number of rotatable bonds is 6. The topological polar surface area (TPSA) is 86.5 Å². The van der Waals surface area contributed by atoms with Crippen LogP contribution >= 0.6 is 0 Å². The van der Waals surface area contributed by atoms with E-state index in [1.807, 2.05) is 6.92 Å². The van der Waals surface area contributed by atoms with E-state index in [1.54, 1.807) is 13.1 Å². The molecule has 1 aliphatic rings. The third-order valence-electron chi connectivity index (χ3n) is 4.08. The Bertz CT molecular complexity index is 545. The van der Waals surface area contributed by atoms with Gasteiger partial charge in [0.2, 0.25) is 0 Å². The van der Waals surface area contributed by atoms with Crippen LogP contribution in [-0.2, 0) is 25.6 Å². The number of aromatic nitrogens is 3. The maximum absolute atomic E-state index is 12.4. The molecule has 2 unspecified atom stereocenters. The van der Waals surface area contributed by atoms with Gasteiger partial charge >= 0.3 is 11.9 Å². The van der Waals surface area contributed by atoms with Crippen LogP contribution in [0.2, 0.25) is 0 Å². The van der Waals surface area contributed by atoms with Gasteiger partial charge in [-0.2, -0.15) is 0 Å². The highest BCUT2D eigenvalue weighted by molar-refractivity contribution is 5.76. The number of carbonyl (C=O) groups is 2. The summed E-state index contributed by atoms with van der Waals surface area (Å²) in [4.78, 5) is 25.7. The first kappa shape index (κ1) is 17.4. The Morgan fingerprint density at radius 3 is 2.91 bits per heavy atom. The summed E-state index contributed by atoms with van der Waals surface area (Å²) in [5.74, 6) is -0.631. The number of esters is 2. The van der Waals surface area contributed by atoms with E-state index in [4.69, 9.17) is 4.74 Å². The first-order valence-corrected chi connectivity index (χ1v) is 7.96. The summed E-state index contributed by atoms with van der Waals surface area (Å²) in [7, 11) is 1.31. The minimum absolute atomic E-state index is 0.0175. The highest BCUT2D eigenvalue weighted by Gasteiger charge is 2.30. The van der Waals surface area contributed by atoms with Gasteiger partial charge in [0.05, 0.1) is 13.3 Å². The Kier molecular flexibility index (Phi) is 6.09. The molecule has 23 heavy (non-hydrogen) atoms. The Morgan fingerprint density at radius 1 is 1.43 bits per heavy atom. The Balaban J connectivity index is 1.94. The van der Waals surface area contributed by atoms with Gasteiger partial charge in [-0.25, -0.2) is 4.68 Å². The number of methoxy groups -OCH3 is 1. The molecule has 2 atom stereocenters. The maximum Gasteiger partial charge on any atom is 0.327 e. The van der Waals surface area contributed by atoms with E-state index < -0.39 is 12.1 Å². The number of hydrogen-bond donors (Lipinski definition) is 0. The first-order valence-electron chi connectivity index (χ1n) is 7.96. The number of likely N-dealkylation sites (tertiary alicyclic amines) is 1. The van der Waals surface area contributed by atoms with Crippen molar-refractivity contribution in [3.8, 4) is 0 Å². The van der Waals surface area contributed by atoms with E-state index in [0.29, 0.717) is 5.69 Å². The van der Waals surface area contributed by atoms with Crippen molar-refractivity contribution in [2.24, 2.45) is 0 Å². The van der Waals surface area contributed by atoms with E-state index in [1.165, 1.54) is 11.8 Å². The van der Waals surface area contributed by atoms with E-state index in [2.05, 4.69) is 19.9 Å². The van der Waals surface area contributed by atoms with E-state index >= 15 is 0 Å². The van der Waals surface area contributed by atoms with Crippen molar-refractivity contribution in [3.05, 3.63) is 11.9 Å². The lowest BCUT2D eigenvalue weighted by atomic mass is 10.0. The SMILES string of the molecule is CCN1CCCCC1C(=O)OC(C)c1cn(CC(=O)OC)nn1. The minimum atomic E-state index is -0.505. The number of ether oxygens (including phenoxy) is 2. The van der Waals surface area contributed by atoms with E-state index in [9.17, 15) is 9.59 Å². The monoisotopic (exact) mass is 324 g/mol. The number of likely N-dealkylation sites (N-methyl/N-ethyl adjacent to an activating group) is 1. The van der Waals surface area contributed by atoms with Gasteiger partial charge in [-0.3, -0.25) is 14.5 Å². The van der Waals surface area contributed by atoms with Crippen LogP contribution in [0.5, 0.6) is 0 Å². The lowest BCUT2D eigenvalue weighted by Crippen LogP contribution is -2.45. The van der Waals surface area contributed by atoms with Gasteiger partial charge in [-0.1, -0.05) is 18.6 Å². The van der Waals surface area contributed by atoms with Gasteiger partial charge < -0.3 is 9.47 Å². The van der Waals surface area contributed by atoms with Crippen molar-refractivity contribution in [2.45, 2.75) is 51.8 Å². The summed E-state index contributed by atoms with van der Waals surface area (Å²) >= 11 is 0. The van der Waals surface area contributed by atoms with Crippen LogP contribution in [0.25, 0.3) is 0 Å². The van der Waals surface area contributed by atoms with Crippen molar-refractivity contribution < 1.29 is 19.1 Å². The van der Waals surface area contributed by atoms with Crippen molar-refractivity contribution >= 4 is 11.9 Å². The molecule has 1 saturated heterocycles.